The number of carbonyl (C=O) groups excluding carboxylic acids is 1. The first kappa shape index (κ1) is 25.4. The maximum Gasteiger partial charge on any atom is 0.419 e. The molecule has 178 valence electrons. The van der Waals surface area contributed by atoms with E-state index >= 15 is 0 Å². The number of thiophene rings is 1. The Morgan fingerprint density at radius 1 is 1.18 bits per heavy atom. The summed E-state index contributed by atoms with van der Waals surface area (Å²) in [4.78, 5) is 11.7. The molecule has 0 aliphatic carbocycles. The molecule has 5 nitrogen and oxygen atoms in total. The monoisotopic (exact) mass is 567 g/mol. The summed E-state index contributed by atoms with van der Waals surface area (Å²) in [5, 5.41) is 0.955. The van der Waals surface area contributed by atoms with Crippen LogP contribution in [0.25, 0.3) is 10.1 Å². The average Bonchev–Trinajstić information content (AvgIpc) is 3.07. The Balaban J connectivity index is 2.06. The molecule has 0 bridgehead atoms. The number of sulfonamides is 1. The number of rotatable bonds is 8. The molecule has 2 aromatic carbocycles. The lowest BCUT2D eigenvalue weighted by molar-refractivity contribution is -0.142. The molecule has 12 heteroatoms. The highest BCUT2D eigenvalue weighted by Gasteiger charge is 2.35. The van der Waals surface area contributed by atoms with Gasteiger partial charge in [-0.3, -0.25) is 9.10 Å². The molecule has 0 aliphatic rings. The molecule has 0 spiro atoms. The van der Waals surface area contributed by atoms with Gasteiger partial charge in [0.1, 0.15) is 10.8 Å². The van der Waals surface area contributed by atoms with Gasteiger partial charge in [0.05, 0.1) is 35.4 Å². The molecule has 0 aliphatic heterocycles. The third kappa shape index (κ3) is 5.85. The number of fused-ring (bicyclic) bond motifs is 1. The van der Waals surface area contributed by atoms with Crippen molar-refractivity contribution in [2.75, 3.05) is 16.7 Å². The van der Waals surface area contributed by atoms with Crippen molar-refractivity contribution in [2.45, 2.75) is 26.1 Å². The van der Waals surface area contributed by atoms with E-state index < -0.39 is 52.3 Å². The molecule has 3 aromatic rings. The number of ether oxygens (including phenoxy) is 1. The molecule has 0 saturated carbocycles. The molecule has 0 unspecified atom stereocenters. The first-order valence-corrected chi connectivity index (χ1v) is 12.8. The third-order valence-corrected chi connectivity index (χ3v) is 8.69. The van der Waals surface area contributed by atoms with E-state index in [0.717, 1.165) is 31.8 Å². The Bertz CT molecular complexity index is 1270. The normalized spacial score (nSPS) is 12.2. The van der Waals surface area contributed by atoms with Gasteiger partial charge in [0.15, 0.2) is 0 Å². The number of hydrogen-bond acceptors (Lipinski definition) is 5. The first-order chi connectivity index (χ1) is 15.4. The molecule has 0 N–H and O–H groups in total. The van der Waals surface area contributed by atoms with Crippen molar-refractivity contribution < 1.29 is 35.5 Å². The summed E-state index contributed by atoms with van der Waals surface area (Å²) in [6.07, 6.45) is -5.36. The number of esters is 1. The summed E-state index contributed by atoms with van der Waals surface area (Å²) < 4.78 is 86.7. The Morgan fingerprint density at radius 3 is 2.52 bits per heavy atom. The molecule has 0 atom stereocenters. The van der Waals surface area contributed by atoms with E-state index in [9.17, 15) is 30.8 Å². The second-order valence-corrected chi connectivity index (χ2v) is 10.7. The molecule has 0 radical (unpaired) electrons. The van der Waals surface area contributed by atoms with Crippen molar-refractivity contribution in [1.82, 2.24) is 0 Å². The Kier molecular flexibility index (Phi) is 7.69. The third-order valence-electron chi connectivity index (χ3n) is 4.61. The summed E-state index contributed by atoms with van der Waals surface area (Å²) in [5.41, 5.74) is -1.55. The largest absolute Gasteiger partial charge is 0.466 e. The summed E-state index contributed by atoms with van der Waals surface area (Å²) >= 11 is 4.52. The van der Waals surface area contributed by atoms with Gasteiger partial charge in [-0.1, -0.05) is 24.3 Å². The van der Waals surface area contributed by atoms with Crippen LogP contribution < -0.4 is 4.31 Å². The summed E-state index contributed by atoms with van der Waals surface area (Å²) in [5.74, 6) is -2.77. The molecule has 0 saturated heterocycles. The fraction of sp³-hybridized carbons (Fsp3) is 0.286. The number of hydrogen-bond donors (Lipinski definition) is 0. The van der Waals surface area contributed by atoms with Crippen LogP contribution in [0, 0.1) is 5.82 Å². The van der Waals surface area contributed by atoms with Gasteiger partial charge >= 0.3 is 12.1 Å². The molecule has 1 aromatic heterocycles. The minimum absolute atomic E-state index is 0.0622. The second-order valence-electron chi connectivity index (χ2n) is 6.91. The highest BCUT2D eigenvalue weighted by atomic mass is 79.9. The van der Waals surface area contributed by atoms with Crippen LogP contribution in [0.2, 0.25) is 0 Å². The van der Waals surface area contributed by atoms with Gasteiger partial charge in [0.25, 0.3) is 0 Å². The lowest BCUT2D eigenvalue weighted by atomic mass is 10.1. The van der Waals surface area contributed by atoms with Crippen LogP contribution in [-0.2, 0) is 32.3 Å². The average molecular weight is 568 g/mol. The fourth-order valence-corrected chi connectivity index (χ4v) is 6.91. The van der Waals surface area contributed by atoms with Crippen LogP contribution in [-0.4, -0.2) is 26.7 Å². The summed E-state index contributed by atoms with van der Waals surface area (Å²) in [7, 11) is -4.18. The zero-order valence-electron chi connectivity index (χ0n) is 17.2. The smallest absolute Gasteiger partial charge is 0.419 e. The predicted molar refractivity (Wildman–Crippen MR) is 122 cm³/mol. The van der Waals surface area contributed by atoms with Crippen LogP contribution in [0.1, 0.15) is 24.5 Å². The van der Waals surface area contributed by atoms with Crippen LogP contribution in [0.15, 0.2) is 46.9 Å². The fourth-order valence-electron chi connectivity index (χ4n) is 3.07. The lowest BCUT2D eigenvalue weighted by Crippen LogP contribution is -2.33. The Hall–Kier alpha value is -2.18. The summed E-state index contributed by atoms with van der Waals surface area (Å²) in [6, 6.07) is 9.41. The zero-order valence-corrected chi connectivity index (χ0v) is 20.4. The highest BCUT2D eigenvalue weighted by molar-refractivity contribution is 9.10. The maximum absolute atomic E-state index is 13.7. The van der Waals surface area contributed by atoms with Crippen LogP contribution in [0.3, 0.4) is 0 Å². The van der Waals surface area contributed by atoms with E-state index in [1.807, 2.05) is 0 Å². The van der Waals surface area contributed by atoms with E-state index in [-0.39, 0.29) is 17.2 Å². The topological polar surface area (TPSA) is 63.7 Å². The van der Waals surface area contributed by atoms with Gasteiger partial charge in [-0.05, 0) is 46.6 Å². The van der Waals surface area contributed by atoms with Gasteiger partial charge in [-0.25, -0.2) is 12.8 Å². The number of anilines is 1. The second kappa shape index (κ2) is 9.98. The number of benzene rings is 2. The van der Waals surface area contributed by atoms with Crippen molar-refractivity contribution >= 4 is 58.3 Å². The zero-order chi connectivity index (χ0) is 24.4. The maximum atomic E-state index is 13.7. The summed E-state index contributed by atoms with van der Waals surface area (Å²) in [6.45, 7) is 1.18. The van der Waals surface area contributed by atoms with Gasteiger partial charge in [0, 0.05) is 10.1 Å². The molecule has 1 heterocycles. The predicted octanol–water partition coefficient (Wildman–Crippen LogP) is 6.11. The van der Waals surface area contributed by atoms with Crippen molar-refractivity contribution in [2.24, 2.45) is 0 Å². The van der Waals surface area contributed by atoms with E-state index in [4.69, 9.17) is 4.74 Å². The number of alkyl halides is 3. The molecule has 33 heavy (non-hydrogen) atoms. The highest BCUT2D eigenvalue weighted by Crippen LogP contribution is 2.44. The van der Waals surface area contributed by atoms with E-state index in [1.165, 1.54) is 0 Å². The number of nitrogens with zero attached hydrogens (tertiary/aromatic N) is 1. The molecule has 3 rings (SSSR count). The molecule has 0 amide bonds. The molecular weight excluding hydrogens is 550 g/mol. The number of carbonyl (C=O) groups is 1. The molecule has 0 fully saturated rings. The standard InChI is InChI=1S/C21H18BrF4NO4S2/c1-2-31-18(28)9-10-33(29,30)27(20-19(22)14-5-3-4-6-17(14)32-20)12-13-7-8-16(23)15(11-13)21(24,25)26/h3-8,11H,2,9-10,12H2,1H3. The first-order valence-electron chi connectivity index (χ1n) is 9.62. The van der Waals surface area contributed by atoms with E-state index in [1.54, 1.807) is 31.2 Å². The minimum atomic E-state index is -4.94. The van der Waals surface area contributed by atoms with Crippen molar-refractivity contribution in [3.05, 3.63) is 63.9 Å². The molecular formula is C21H18BrF4NO4S2. The van der Waals surface area contributed by atoms with E-state index in [0.29, 0.717) is 16.6 Å². The van der Waals surface area contributed by atoms with Gasteiger partial charge in [-0.2, -0.15) is 13.2 Å². The number of halogens is 5. The Labute approximate surface area is 200 Å². The SMILES string of the molecule is CCOC(=O)CCS(=O)(=O)N(Cc1ccc(F)c(C(F)(F)F)c1)c1sc2ccccc2c1Br. The van der Waals surface area contributed by atoms with Crippen LogP contribution >= 0.6 is 27.3 Å². The van der Waals surface area contributed by atoms with Gasteiger partial charge in [0.2, 0.25) is 10.0 Å². The van der Waals surface area contributed by atoms with Crippen LogP contribution in [0.4, 0.5) is 22.6 Å². The van der Waals surface area contributed by atoms with Crippen molar-refractivity contribution in [1.29, 1.82) is 0 Å². The van der Waals surface area contributed by atoms with Crippen molar-refractivity contribution in [3.8, 4) is 0 Å². The van der Waals surface area contributed by atoms with E-state index in [2.05, 4.69) is 15.9 Å². The quantitative estimate of drug-likeness (QED) is 0.243. The van der Waals surface area contributed by atoms with Crippen molar-refractivity contribution in [3.63, 3.8) is 0 Å². The van der Waals surface area contributed by atoms with Gasteiger partial charge < -0.3 is 4.74 Å². The lowest BCUT2D eigenvalue weighted by Gasteiger charge is -2.24. The van der Waals surface area contributed by atoms with Gasteiger partial charge in [-0.15, -0.1) is 11.3 Å². The van der Waals surface area contributed by atoms with Crippen LogP contribution in [0.5, 0.6) is 0 Å². The Morgan fingerprint density at radius 2 is 1.88 bits per heavy atom. The minimum Gasteiger partial charge on any atom is -0.466 e.